The zero-order valence-corrected chi connectivity index (χ0v) is 14.1. The normalized spacial score (nSPS) is 12.8. The first-order valence-corrected chi connectivity index (χ1v) is 8.77. The molecule has 1 aromatic carbocycles. The number of fused-ring (bicyclic) bond motifs is 1. The Labute approximate surface area is 126 Å². The van der Waals surface area contributed by atoms with Gasteiger partial charge in [-0.2, -0.15) is 0 Å². The van der Waals surface area contributed by atoms with Crippen molar-refractivity contribution >= 4 is 26.7 Å². The lowest BCUT2D eigenvalue weighted by Gasteiger charge is -2.17. The lowest BCUT2D eigenvalue weighted by molar-refractivity contribution is 0.526. The summed E-state index contributed by atoms with van der Waals surface area (Å²) < 4.78 is 28.3. The summed E-state index contributed by atoms with van der Waals surface area (Å²) >= 11 is 0. The van der Waals surface area contributed by atoms with Gasteiger partial charge in [0.05, 0.1) is 22.5 Å². The van der Waals surface area contributed by atoms with Crippen LogP contribution in [-0.2, 0) is 22.5 Å². The van der Waals surface area contributed by atoms with Gasteiger partial charge in [0, 0.05) is 12.5 Å². The molecule has 0 unspecified atom stereocenters. The molecule has 2 rings (SSSR count). The molecule has 1 N–H and O–H groups in total. The van der Waals surface area contributed by atoms with Crippen LogP contribution < -0.4 is 4.72 Å². The smallest absolute Gasteiger partial charge is 0.232 e. The van der Waals surface area contributed by atoms with E-state index < -0.39 is 10.0 Å². The first-order chi connectivity index (χ1) is 9.64. The summed E-state index contributed by atoms with van der Waals surface area (Å²) in [6.45, 7) is 8.17. The third-order valence-electron chi connectivity index (χ3n) is 3.30. The fourth-order valence-corrected chi connectivity index (χ4v) is 3.56. The molecule has 2 aromatic rings. The van der Waals surface area contributed by atoms with E-state index in [-0.39, 0.29) is 11.2 Å². The van der Waals surface area contributed by atoms with Gasteiger partial charge < -0.3 is 4.57 Å². The molecule has 0 bridgehead atoms. The quantitative estimate of drug-likeness (QED) is 0.944. The summed E-state index contributed by atoms with van der Waals surface area (Å²) in [4.78, 5) is 4.65. The summed E-state index contributed by atoms with van der Waals surface area (Å²) in [5.41, 5.74) is 2.31. The monoisotopic (exact) mass is 309 g/mol. The zero-order valence-electron chi connectivity index (χ0n) is 13.3. The highest BCUT2D eigenvalue weighted by Crippen LogP contribution is 2.27. The van der Waals surface area contributed by atoms with E-state index in [1.54, 1.807) is 12.1 Å². The number of imidazole rings is 1. The van der Waals surface area contributed by atoms with Crippen molar-refractivity contribution in [3.63, 3.8) is 0 Å². The van der Waals surface area contributed by atoms with Gasteiger partial charge in [0.2, 0.25) is 10.0 Å². The molecule has 0 fully saturated rings. The van der Waals surface area contributed by atoms with Crippen LogP contribution in [0.15, 0.2) is 18.2 Å². The van der Waals surface area contributed by atoms with Crippen LogP contribution in [0.1, 0.15) is 39.9 Å². The lowest BCUT2D eigenvalue weighted by Crippen LogP contribution is -2.17. The zero-order chi connectivity index (χ0) is 15.8. The molecule has 0 aliphatic rings. The first kappa shape index (κ1) is 15.8. The molecule has 0 atom stereocenters. The van der Waals surface area contributed by atoms with E-state index in [0.717, 1.165) is 16.9 Å². The number of anilines is 1. The predicted octanol–water partition coefficient (Wildman–Crippen LogP) is 3.02. The molecule has 1 aromatic heterocycles. The molecular formula is C15H23N3O2S. The molecule has 21 heavy (non-hydrogen) atoms. The summed E-state index contributed by atoms with van der Waals surface area (Å²) in [6.07, 6.45) is 0.593. The van der Waals surface area contributed by atoms with E-state index in [2.05, 4.69) is 35.0 Å². The molecule has 0 aliphatic carbocycles. The van der Waals surface area contributed by atoms with Gasteiger partial charge in [-0.25, -0.2) is 13.4 Å². The molecular weight excluding hydrogens is 286 g/mol. The number of hydrogen-bond donors (Lipinski definition) is 1. The minimum Gasteiger partial charge on any atom is -0.331 e. The molecule has 0 radical (unpaired) electrons. The SMILES string of the molecule is CCCS(=O)(=O)Nc1ccc2c(c1)nc(C(C)(C)C)n2C. The van der Waals surface area contributed by atoms with Crippen LogP contribution in [0.25, 0.3) is 11.0 Å². The molecule has 0 aliphatic heterocycles. The average Bonchev–Trinajstić information content (AvgIpc) is 2.65. The van der Waals surface area contributed by atoms with Crippen molar-refractivity contribution in [1.29, 1.82) is 0 Å². The van der Waals surface area contributed by atoms with Crippen molar-refractivity contribution in [2.75, 3.05) is 10.5 Å². The molecule has 0 saturated carbocycles. The van der Waals surface area contributed by atoms with E-state index in [1.165, 1.54) is 0 Å². The minimum atomic E-state index is -3.27. The molecule has 6 heteroatoms. The topological polar surface area (TPSA) is 64.0 Å². The Morgan fingerprint density at radius 3 is 2.52 bits per heavy atom. The third-order valence-corrected chi connectivity index (χ3v) is 4.79. The number of benzene rings is 1. The van der Waals surface area contributed by atoms with Crippen molar-refractivity contribution in [3.8, 4) is 0 Å². The van der Waals surface area contributed by atoms with Crippen LogP contribution >= 0.6 is 0 Å². The first-order valence-electron chi connectivity index (χ1n) is 7.11. The second-order valence-electron chi connectivity index (χ2n) is 6.37. The Kier molecular flexibility index (Phi) is 4.02. The van der Waals surface area contributed by atoms with E-state index in [1.807, 2.05) is 20.0 Å². The number of rotatable bonds is 4. The van der Waals surface area contributed by atoms with E-state index >= 15 is 0 Å². The van der Waals surface area contributed by atoms with E-state index in [9.17, 15) is 8.42 Å². The Morgan fingerprint density at radius 2 is 1.95 bits per heavy atom. The van der Waals surface area contributed by atoms with Crippen molar-refractivity contribution < 1.29 is 8.42 Å². The summed E-state index contributed by atoms with van der Waals surface area (Å²) in [6, 6.07) is 5.48. The Bertz CT molecular complexity index is 755. The Hall–Kier alpha value is -1.56. The van der Waals surface area contributed by atoms with Crippen LogP contribution in [0.5, 0.6) is 0 Å². The molecule has 1 heterocycles. The number of sulfonamides is 1. The highest BCUT2D eigenvalue weighted by Gasteiger charge is 2.21. The van der Waals surface area contributed by atoms with Crippen LogP contribution in [0, 0.1) is 0 Å². The third kappa shape index (κ3) is 3.37. The molecule has 0 saturated heterocycles. The van der Waals surface area contributed by atoms with Crippen molar-refractivity contribution in [3.05, 3.63) is 24.0 Å². The molecule has 116 valence electrons. The summed E-state index contributed by atoms with van der Waals surface area (Å²) in [5, 5.41) is 0. The van der Waals surface area contributed by atoms with Crippen molar-refractivity contribution in [2.45, 2.75) is 39.5 Å². The fraction of sp³-hybridized carbons (Fsp3) is 0.533. The highest BCUT2D eigenvalue weighted by atomic mass is 32.2. The minimum absolute atomic E-state index is 0.0599. The molecule has 0 amide bonds. The van der Waals surface area contributed by atoms with Crippen LogP contribution in [0.2, 0.25) is 0 Å². The molecule has 5 nitrogen and oxygen atoms in total. The van der Waals surface area contributed by atoms with Gasteiger partial charge in [0.25, 0.3) is 0 Å². The van der Waals surface area contributed by atoms with Crippen LogP contribution in [0.3, 0.4) is 0 Å². The Morgan fingerprint density at radius 1 is 1.29 bits per heavy atom. The van der Waals surface area contributed by atoms with Crippen LogP contribution in [0.4, 0.5) is 5.69 Å². The highest BCUT2D eigenvalue weighted by molar-refractivity contribution is 7.92. The number of aromatic nitrogens is 2. The van der Waals surface area contributed by atoms with E-state index in [0.29, 0.717) is 12.1 Å². The van der Waals surface area contributed by atoms with Gasteiger partial charge in [-0.15, -0.1) is 0 Å². The maximum absolute atomic E-state index is 11.8. The number of aryl methyl sites for hydroxylation is 1. The van der Waals surface area contributed by atoms with Gasteiger partial charge in [0.1, 0.15) is 5.82 Å². The molecule has 0 spiro atoms. The van der Waals surface area contributed by atoms with E-state index in [4.69, 9.17) is 0 Å². The summed E-state index contributed by atoms with van der Waals surface area (Å²) in [7, 11) is -1.29. The second-order valence-corrected chi connectivity index (χ2v) is 8.21. The van der Waals surface area contributed by atoms with Gasteiger partial charge >= 0.3 is 0 Å². The number of nitrogens with one attached hydrogen (secondary N) is 1. The van der Waals surface area contributed by atoms with Gasteiger partial charge in [-0.3, -0.25) is 4.72 Å². The largest absolute Gasteiger partial charge is 0.331 e. The predicted molar refractivity (Wildman–Crippen MR) is 87.1 cm³/mol. The van der Waals surface area contributed by atoms with Crippen molar-refractivity contribution in [1.82, 2.24) is 9.55 Å². The average molecular weight is 309 g/mol. The number of nitrogens with zero attached hydrogens (tertiary/aromatic N) is 2. The van der Waals surface area contributed by atoms with Gasteiger partial charge in [-0.1, -0.05) is 27.7 Å². The fourth-order valence-electron chi connectivity index (χ4n) is 2.43. The number of hydrogen-bond acceptors (Lipinski definition) is 3. The standard InChI is InChI=1S/C15H23N3O2S/c1-6-9-21(19,20)17-11-7-8-13-12(10-11)16-14(18(13)5)15(2,3)4/h7-8,10,17H,6,9H2,1-5H3. The lowest BCUT2D eigenvalue weighted by atomic mass is 9.96. The van der Waals surface area contributed by atoms with Gasteiger partial charge in [-0.05, 0) is 24.6 Å². The maximum atomic E-state index is 11.8. The van der Waals surface area contributed by atoms with Crippen molar-refractivity contribution in [2.24, 2.45) is 7.05 Å². The second kappa shape index (κ2) is 5.33. The maximum Gasteiger partial charge on any atom is 0.232 e. The van der Waals surface area contributed by atoms with Gasteiger partial charge in [0.15, 0.2) is 0 Å². The summed E-state index contributed by atoms with van der Waals surface area (Å²) in [5.74, 6) is 1.10. The Balaban J connectivity index is 2.44. The van der Waals surface area contributed by atoms with Crippen LogP contribution in [-0.4, -0.2) is 23.7 Å².